The fourth-order valence-corrected chi connectivity index (χ4v) is 6.13. The van der Waals surface area contributed by atoms with Crippen LogP contribution in [0.3, 0.4) is 0 Å². The fourth-order valence-electron chi connectivity index (χ4n) is 3.40. The molecule has 29 heavy (non-hydrogen) atoms. The predicted octanol–water partition coefficient (Wildman–Crippen LogP) is 5.32. The van der Waals surface area contributed by atoms with Crippen LogP contribution in [0.15, 0.2) is 46.2 Å². The highest BCUT2D eigenvalue weighted by atomic mass is 32.2. The first-order chi connectivity index (χ1) is 13.5. The molecule has 0 heterocycles. The maximum absolute atomic E-state index is 13.1. The van der Waals surface area contributed by atoms with Gasteiger partial charge < -0.3 is 0 Å². The van der Waals surface area contributed by atoms with E-state index in [4.69, 9.17) is 4.18 Å². The van der Waals surface area contributed by atoms with Gasteiger partial charge in [-0.2, -0.15) is 16.8 Å². The van der Waals surface area contributed by atoms with Gasteiger partial charge >= 0.3 is 0 Å². The number of unbranched alkanes of at least 4 members (excludes halogenated alkanes) is 5. The lowest BCUT2D eigenvalue weighted by molar-refractivity contribution is 0.104. The molecule has 0 aromatic heterocycles. The van der Waals surface area contributed by atoms with Crippen LogP contribution in [-0.4, -0.2) is 27.0 Å². The Bertz CT molecular complexity index is 1040. The molecule has 0 amide bonds. The van der Waals surface area contributed by atoms with Crippen molar-refractivity contribution < 1.29 is 25.6 Å². The van der Waals surface area contributed by atoms with Crippen LogP contribution in [0.25, 0.3) is 10.8 Å². The number of fused-ring (bicyclic) bond motifs is 1. The minimum Gasteiger partial charge on any atom is -0.282 e. The molecular formula is C21H30O6S2. The van der Waals surface area contributed by atoms with E-state index in [-0.39, 0.29) is 5.39 Å². The Balaban J connectivity index is 2.32. The summed E-state index contributed by atoms with van der Waals surface area (Å²) >= 11 is 0. The molecule has 6 nitrogen and oxygen atoms in total. The summed E-state index contributed by atoms with van der Waals surface area (Å²) in [5.74, 6) is 0. The Morgan fingerprint density at radius 1 is 0.897 bits per heavy atom. The van der Waals surface area contributed by atoms with Crippen molar-refractivity contribution in [2.24, 2.45) is 0 Å². The molecule has 0 saturated carbocycles. The lowest BCUT2D eigenvalue weighted by atomic mass is 10.00. The van der Waals surface area contributed by atoms with Crippen LogP contribution in [0.1, 0.15) is 65.7 Å². The summed E-state index contributed by atoms with van der Waals surface area (Å²) in [5, 5.41) is 0.730. The van der Waals surface area contributed by atoms with Gasteiger partial charge in [0, 0.05) is 5.39 Å². The maximum Gasteiger partial charge on any atom is 0.299 e. The minimum atomic E-state index is -4.75. The largest absolute Gasteiger partial charge is 0.299 e. The monoisotopic (exact) mass is 442 g/mol. The molecule has 162 valence electrons. The third kappa shape index (κ3) is 6.50. The Morgan fingerprint density at radius 2 is 1.52 bits per heavy atom. The van der Waals surface area contributed by atoms with E-state index in [0.29, 0.717) is 11.8 Å². The van der Waals surface area contributed by atoms with E-state index < -0.39 is 35.6 Å². The van der Waals surface area contributed by atoms with E-state index >= 15 is 0 Å². The number of hydrogen-bond donors (Lipinski definition) is 1. The van der Waals surface area contributed by atoms with E-state index in [1.54, 1.807) is 32.0 Å². The SMILES string of the molecule is CCCCCCCCC(C)(C)OS(=O)(=O)c1c(S(=O)(=O)O)ccc2ccccc12. The van der Waals surface area contributed by atoms with Crippen LogP contribution in [0.2, 0.25) is 0 Å². The first-order valence-corrected chi connectivity index (χ1v) is 12.8. The van der Waals surface area contributed by atoms with Gasteiger partial charge in [0.05, 0.1) is 5.60 Å². The Labute approximate surface area is 174 Å². The van der Waals surface area contributed by atoms with Gasteiger partial charge in [0.25, 0.3) is 20.2 Å². The van der Waals surface area contributed by atoms with Crippen LogP contribution in [0, 0.1) is 0 Å². The van der Waals surface area contributed by atoms with Gasteiger partial charge in [-0.15, -0.1) is 0 Å². The van der Waals surface area contributed by atoms with Crippen LogP contribution in [-0.2, 0) is 24.4 Å². The third-order valence-electron chi connectivity index (χ3n) is 4.84. The molecule has 0 aliphatic carbocycles. The van der Waals surface area contributed by atoms with Crippen molar-refractivity contribution in [3.63, 3.8) is 0 Å². The summed E-state index contributed by atoms with van der Waals surface area (Å²) in [6.45, 7) is 5.50. The standard InChI is InChI=1S/C21H30O6S2/c1-4-5-6-7-8-11-16-21(2,3)27-29(25,26)20-18-13-10-9-12-17(18)14-15-19(20)28(22,23)24/h9-10,12-15H,4-8,11,16H2,1-3H3,(H,22,23,24). The van der Waals surface area contributed by atoms with Crippen molar-refractivity contribution in [1.29, 1.82) is 0 Å². The number of hydrogen-bond acceptors (Lipinski definition) is 5. The summed E-state index contributed by atoms with van der Waals surface area (Å²) in [6.07, 6.45) is 6.91. The third-order valence-corrected chi connectivity index (χ3v) is 7.47. The fraction of sp³-hybridized carbons (Fsp3) is 0.524. The quantitative estimate of drug-likeness (QED) is 0.287. The lowest BCUT2D eigenvalue weighted by Crippen LogP contribution is -2.29. The van der Waals surface area contributed by atoms with E-state index in [0.717, 1.165) is 38.2 Å². The second kappa shape index (κ2) is 9.55. The Hall–Kier alpha value is -1.48. The van der Waals surface area contributed by atoms with Crippen molar-refractivity contribution in [3.8, 4) is 0 Å². The van der Waals surface area contributed by atoms with E-state index in [9.17, 15) is 21.4 Å². The molecule has 0 atom stereocenters. The van der Waals surface area contributed by atoms with Crippen molar-refractivity contribution in [2.45, 2.75) is 81.1 Å². The smallest absolute Gasteiger partial charge is 0.282 e. The predicted molar refractivity (Wildman–Crippen MR) is 114 cm³/mol. The van der Waals surface area contributed by atoms with Crippen molar-refractivity contribution >= 4 is 31.0 Å². The first kappa shape index (κ1) is 23.8. The highest BCUT2D eigenvalue weighted by Gasteiger charge is 2.33. The molecule has 0 fully saturated rings. The molecule has 2 rings (SSSR count). The van der Waals surface area contributed by atoms with Gasteiger partial charge in [-0.3, -0.25) is 8.74 Å². The van der Waals surface area contributed by atoms with Gasteiger partial charge in [-0.05, 0) is 31.7 Å². The maximum atomic E-state index is 13.1. The Kier molecular flexibility index (Phi) is 7.84. The molecule has 2 aromatic carbocycles. The highest BCUT2D eigenvalue weighted by molar-refractivity contribution is 7.89. The number of benzene rings is 2. The summed E-state index contributed by atoms with van der Waals surface area (Å²) in [4.78, 5) is -1.19. The van der Waals surface area contributed by atoms with Gasteiger partial charge in [0.2, 0.25) is 0 Å². The second-order valence-corrected chi connectivity index (χ2v) is 10.8. The van der Waals surface area contributed by atoms with E-state index in [1.165, 1.54) is 18.6 Å². The molecule has 0 radical (unpaired) electrons. The minimum absolute atomic E-state index is 0.193. The molecule has 0 unspecified atom stereocenters. The van der Waals surface area contributed by atoms with Crippen LogP contribution < -0.4 is 0 Å². The topological polar surface area (TPSA) is 97.7 Å². The average molecular weight is 443 g/mol. The lowest BCUT2D eigenvalue weighted by Gasteiger charge is -2.25. The summed E-state index contributed by atoms with van der Waals surface area (Å²) in [6, 6.07) is 9.05. The summed E-state index contributed by atoms with van der Waals surface area (Å²) in [5.41, 5.74) is -1.00. The summed E-state index contributed by atoms with van der Waals surface area (Å²) < 4.78 is 65.0. The van der Waals surface area contributed by atoms with Crippen LogP contribution in [0.5, 0.6) is 0 Å². The van der Waals surface area contributed by atoms with Crippen LogP contribution in [0.4, 0.5) is 0 Å². The van der Waals surface area contributed by atoms with E-state index in [1.807, 2.05) is 0 Å². The Morgan fingerprint density at radius 3 is 2.17 bits per heavy atom. The molecule has 2 aromatic rings. The zero-order valence-corrected chi connectivity index (χ0v) is 18.9. The van der Waals surface area contributed by atoms with Gasteiger partial charge in [-0.25, -0.2) is 0 Å². The zero-order valence-electron chi connectivity index (χ0n) is 17.2. The molecule has 0 aliphatic rings. The van der Waals surface area contributed by atoms with Gasteiger partial charge in [0.1, 0.15) is 9.79 Å². The average Bonchev–Trinajstić information content (AvgIpc) is 2.62. The van der Waals surface area contributed by atoms with Crippen molar-refractivity contribution in [1.82, 2.24) is 0 Å². The van der Waals surface area contributed by atoms with Gasteiger partial charge in [0.15, 0.2) is 0 Å². The van der Waals surface area contributed by atoms with Gasteiger partial charge in [-0.1, -0.05) is 75.8 Å². The molecule has 0 spiro atoms. The van der Waals surface area contributed by atoms with Crippen molar-refractivity contribution in [2.75, 3.05) is 0 Å². The summed E-state index contributed by atoms with van der Waals surface area (Å²) in [7, 11) is -9.20. The molecule has 1 N–H and O–H groups in total. The zero-order chi connectivity index (χ0) is 21.7. The molecule has 8 heteroatoms. The molecule has 0 aliphatic heterocycles. The van der Waals surface area contributed by atoms with E-state index in [2.05, 4.69) is 6.92 Å². The highest BCUT2D eigenvalue weighted by Crippen LogP contribution is 2.34. The van der Waals surface area contributed by atoms with Crippen molar-refractivity contribution in [3.05, 3.63) is 36.4 Å². The second-order valence-electron chi connectivity index (χ2n) is 7.90. The molecule has 0 saturated heterocycles. The molecular weight excluding hydrogens is 412 g/mol. The molecule has 0 bridgehead atoms. The number of rotatable bonds is 11. The van der Waals surface area contributed by atoms with Crippen LogP contribution >= 0.6 is 0 Å². The normalized spacial score (nSPS) is 13.1. The first-order valence-electron chi connectivity index (χ1n) is 9.93.